The highest BCUT2D eigenvalue weighted by Crippen LogP contribution is 2.37. The van der Waals surface area contributed by atoms with Gasteiger partial charge in [0.1, 0.15) is 134 Å². The molecule has 99 heavy (non-hydrogen) atoms. The Kier molecular flexibility index (Phi) is 32.6. The second-order valence-electron chi connectivity index (χ2n) is 25.6. The number of nitrogens with two attached hydrogens (primary N) is 12. The Bertz CT molecular complexity index is 2280. The van der Waals surface area contributed by atoms with E-state index < -0.39 is 233 Å². The van der Waals surface area contributed by atoms with Crippen LogP contribution >= 0.6 is 24.4 Å². The van der Waals surface area contributed by atoms with Crippen molar-refractivity contribution in [3.8, 4) is 0 Å². The minimum Gasteiger partial charge on any atom is -0.389 e. The van der Waals surface area contributed by atoms with Crippen molar-refractivity contribution in [3.05, 3.63) is 0 Å². The lowest BCUT2D eigenvalue weighted by molar-refractivity contribution is -0.306. The lowest BCUT2D eigenvalue weighted by Crippen LogP contribution is -2.68. The molecule has 6 heterocycles. The monoisotopic (exact) mass is 1470 g/mol. The van der Waals surface area contributed by atoms with E-state index in [1.54, 1.807) is 0 Å². The first kappa shape index (κ1) is 84.1. The molecule has 6 aliphatic heterocycles. The lowest BCUT2D eigenvalue weighted by Gasteiger charge is -2.47. The summed E-state index contributed by atoms with van der Waals surface area (Å²) in [5.41, 5.74) is 73.6. The minimum atomic E-state index is -1.69. The molecule has 44 heteroatoms. The highest BCUT2D eigenvalue weighted by atomic mass is 32.1. The minimum absolute atomic E-state index is 0. The molecule has 42 nitrogen and oxygen atoms in total. The van der Waals surface area contributed by atoms with Crippen molar-refractivity contribution in [1.82, 2.24) is 21.3 Å². The van der Waals surface area contributed by atoms with Crippen LogP contribution in [0.5, 0.6) is 0 Å². The van der Waals surface area contributed by atoms with Gasteiger partial charge in [0.05, 0.1) is 62.8 Å². The molecular weight excluding hydrogens is 1360 g/mol. The van der Waals surface area contributed by atoms with E-state index in [0.717, 1.165) is 0 Å². The van der Waals surface area contributed by atoms with Crippen molar-refractivity contribution in [1.29, 1.82) is 0 Å². The number of hydrogen-bond acceptors (Lipinski definition) is 40. The Morgan fingerprint density at radius 2 is 0.576 bits per heavy atom. The summed E-state index contributed by atoms with van der Waals surface area (Å²) in [6.07, 6.45) is -41.9. The molecule has 0 radical (unpaired) electrons. The molecule has 0 bridgehead atoms. The summed E-state index contributed by atoms with van der Waals surface area (Å²) in [6.45, 7) is -0.173. The Labute approximate surface area is 582 Å². The van der Waals surface area contributed by atoms with Gasteiger partial charge in [0, 0.05) is 76.5 Å². The predicted molar refractivity (Wildman–Crippen MR) is 348 cm³/mol. The molecule has 2 saturated carbocycles. The molecular formula is C55H110N16O26S2. The highest BCUT2D eigenvalue weighted by molar-refractivity contribution is 7.80. The Balaban J connectivity index is 0.0000138. The molecule has 0 aromatic heterocycles. The van der Waals surface area contributed by atoms with Gasteiger partial charge in [0.25, 0.3) is 0 Å². The van der Waals surface area contributed by atoms with E-state index in [9.17, 15) is 61.3 Å². The largest absolute Gasteiger partial charge is 0.389 e. The van der Waals surface area contributed by atoms with Gasteiger partial charge in [-0.2, -0.15) is 0 Å². The summed E-state index contributed by atoms with van der Waals surface area (Å²) in [6, 6.07) is -9.06. The van der Waals surface area contributed by atoms with Gasteiger partial charge in [-0.1, -0.05) is 7.43 Å². The van der Waals surface area contributed by atoms with Crippen molar-refractivity contribution < 1.29 is 128 Å². The van der Waals surface area contributed by atoms with E-state index in [1.807, 2.05) is 0 Å². The maximum absolute atomic E-state index is 11.9. The van der Waals surface area contributed by atoms with Gasteiger partial charge in [-0.05, 0) is 37.3 Å². The summed E-state index contributed by atoms with van der Waals surface area (Å²) >= 11 is 11.1. The number of aliphatic hydroxyl groups is 12. The number of thiocarbonyl (C=S) groups is 2. The molecule has 578 valence electrons. The fourth-order valence-electron chi connectivity index (χ4n) is 12.8. The molecule has 8 rings (SSSR count). The molecule has 21 unspecified atom stereocenters. The van der Waals surface area contributed by atoms with E-state index in [-0.39, 0.29) is 109 Å². The first-order chi connectivity index (χ1) is 46.5. The van der Waals surface area contributed by atoms with Crippen molar-refractivity contribution in [2.24, 2.45) is 68.8 Å². The van der Waals surface area contributed by atoms with Crippen LogP contribution in [0, 0.1) is 0 Å². The maximum atomic E-state index is 11.9. The maximum Gasteiger partial charge on any atom is 0.187 e. The van der Waals surface area contributed by atoms with E-state index in [0.29, 0.717) is 0 Å². The zero-order chi connectivity index (χ0) is 71.7. The lowest BCUT2D eigenvalue weighted by atomic mass is 9.84. The number of nitrogens with one attached hydrogen (secondary N) is 4. The second-order valence-corrected chi connectivity index (χ2v) is 26.4. The average molecular weight is 1480 g/mol. The standard InChI is InChI=1S/C54H106N16O26S2.CH4/c55-9-19-31(73)35(77)25(63)47(85-19)91-41-17(61)7-15(59)29(71)45(41)95-51-39(81)43(93-49-27(65)37(79)33(75)21(11-57)87-49)23(89-51)13-69-53(97)67-1-3-83-5-6-84-4-2-68-54(98)70-14-24-44(94-50-28(66)38(80)34(76)22(12-58)88-50)40(82)52(90-24)96-46-30(72)16(60)8-18(62)42(46)92-48-26(64)36(78)32(74)20(10-56)86-48;/h15-52,71-82H,1-14,55-66H2,(H2,67,69,97)(H2,68,70,98);1H4/t15-,16+,17?,18?,19?,20?,21+,22-,23-,24-,25?,26?,27?,28?,29?,30+,31?,32?,33?,34?,35-,36-,37?,38?,39+,40?,41?,42?,43?,44?,45-,46?,47-,48+,49-,50+,51+,52+;/m1./s1. The van der Waals surface area contributed by atoms with Crippen molar-refractivity contribution in [3.63, 3.8) is 0 Å². The zero-order valence-electron chi connectivity index (χ0n) is 53.7. The van der Waals surface area contributed by atoms with Gasteiger partial charge in [0.2, 0.25) is 0 Å². The Hall–Kier alpha value is -2.14. The zero-order valence-corrected chi connectivity index (χ0v) is 55.3. The van der Waals surface area contributed by atoms with E-state index in [2.05, 4.69) is 21.3 Å². The average Bonchev–Trinajstić information content (AvgIpc) is 1.65. The molecule has 2 aliphatic carbocycles. The van der Waals surface area contributed by atoms with Gasteiger partial charge < -0.3 is 218 Å². The molecule has 6 saturated heterocycles. The van der Waals surface area contributed by atoms with Crippen LogP contribution in [-0.2, 0) is 66.3 Å². The first-order valence-corrected chi connectivity index (χ1v) is 33.4. The van der Waals surface area contributed by atoms with Crippen molar-refractivity contribution >= 4 is 34.7 Å². The molecule has 38 atom stereocenters. The Morgan fingerprint density at radius 3 is 0.859 bits per heavy atom. The second kappa shape index (κ2) is 38.4. The van der Waals surface area contributed by atoms with Crippen LogP contribution in [-0.4, -0.2) is 383 Å². The first-order valence-electron chi connectivity index (χ1n) is 32.6. The smallest absolute Gasteiger partial charge is 0.187 e. The normalized spacial score (nSPS) is 47.3. The van der Waals surface area contributed by atoms with E-state index in [4.69, 9.17) is 160 Å². The van der Waals surface area contributed by atoms with E-state index in [1.165, 1.54) is 0 Å². The quantitative estimate of drug-likeness (QED) is 0.0244. The highest BCUT2D eigenvalue weighted by Gasteiger charge is 2.58. The van der Waals surface area contributed by atoms with Crippen molar-refractivity contribution in [2.75, 3.05) is 78.8 Å². The molecule has 40 N–H and O–H groups in total. The summed E-state index contributed by atoms with van der Waals surface area (Å²) in [4.78, 5) is 0. The summed E-state index contributed by atoms with van der Waals surface area (Å²) < 4.78 is 84.2. The van der Waals surface area contributed by atoms with Gasteiger partial charge in [-0.15, -0.1) is 0 Å². The Morgan fingerprint density at radius 1 is 0.313 bits per heavy atom. The van der Waals surface area contributed by atoms with Crippen LogP contribution in [0.4, 0.5) is 0 Å². The topological polar surface area (TPSA) is 732 Å². The number of hydrogen-bond donors (Lipinski definition) is 28. The number of aliphatic hydroxyl groups excluding tert-OH is 12. The summed E-state index contributed by atoms with van der Waals surface area (Å²) in [7, 11) is 0. The van der Waals surface area contributed by atoms with Gasteiger partial charge in [0.15, 0.2) is 48.0 Å². The molecule has 0 aromatic carbocycles. The molecule has 0 aromatic rings. The van der Waals surface area contributed by atoms with Gasteiger partial charge >= 0.3 is 0 Å². The van der Waals surface area contributed by atoms with Crippen LogP contribution in [0.15, 0.2) is 0 Å². The third-order valence-corrected chi connectivity index (χ3v) is 19.3. The molecule has 8 aliphatic rings. The fourth-order valence-corrected chi connectivity index (χ4v) is 13.2. The molecule has 0 spiro atoms. The third-order valence-electron chi connectivity index (χ3n) is 18.7. The molecule has 8 fully saturated rings. The van der Waals surface area contributed by atoms with E-state index >= 15 is 0 Å². The van der Waals surface area contributed by atoms with Crippen LogP contribution in [0.2, 0.25) is 0 Å². The predicted octanol–water partition coefficient (Wildman–Crippen LogP) is -17.2. The van der Waals surface area contributed by atoms with Crippen LogP contribution in [0.25, 0.3) is 0 Å². The van der Waals surface area contributed by atoms with Crippen LogP contribution < -0.4 is 90.1 Å². The summed E-state index contributed by atoms with van der Waals surface area (Å²) in [5.74, 6) is 0. The van der Waals surface area contributed by atoms with Crippen molar-refractivity contribution in [2.45, 2.75) is 253 Å². The third kappa shape index (κ3) is 20.1. The number of ether oxygens (including phenoxy) is 14. The van der Waals surface area contributed by atoms with Gasteiger partial charge in [-0.25, -0.2) is 0 Å². The SMILES string of the molecule is C.NCC1O[C@H](OC2C(N)C[C@@H](N)C(O)[C@H]2O[C@@H]2O[C@H](CNC(=S)NCCOCCOCCNC(=S)NC[C@H]3O[C@@H](OC4C(O[C@@H]5OC(CN)C(O)[C@H](O)C5N)C(N)C[C@H](N)[C@@H]4O)C(O)C3O[C@@H]3O[C@H](CN)C(O)C(O)C3N)C(O[C@H]3O[C@@H](CN)C(O)C(O)C3N)[C@@H]2O)C(N)[C@@H](O)C1O. The number of rotatable bonds is 29. The van der Waals surface area contributed by atoms with Crippen LogP contribution in [0.1, 0.15) is 20.3 Å². The fraction of sp³-hybridized carbons (Fsp3) is 0.964. The summed E-state index contributed by atoms with van der Waals surface area (Å²) in [5, 5.41) is 144. The van der Waals surface area contributed by atoms with Crippen LogP contribution in [0.3, 0.4) is 0 Å². The molecule has 0 amide bonds. The van der Waals surface area contributed by atoms with Gasteiger partial charge in [-0.3, -0.25) is 0 Å².